The van der Waals surface area contributed by atoms with E-state index in [1.54, 1.807) is 30.3 Å². The number of rotatable bonds is 4. The van der Waals surface area contributed by atoms with Gasteiger partial charge in [-0.15, -0.1) is 5.92 Å². The molecule has 0 heterocycles. The van der Waals surface area contributed by atoms with E-state index in [2.05, 4.69) is 11.8 Å². The van der Waals surface area contributed by atoms with Crippen LogP contribution in [0.25, 0.3) is 0 Å². The first-order valence-corrected chi connectivity index (χ1v) is 8.11. The molecule has 0 radical (unpaired) electrons. The maximum Gasteiger partial charge on any atom is 0.189 e. The zero-order valence-electron chi connectivity index (χ0n) is 11.1. The van der Waals surface area contributed by atoms with E-state index in [1.165, 1.54) is 5.56 Å². The van der Waals surface area contributed by atoms with Gasteiger partial charge in [-0.3, -0.25) is 0 Å². The summed E-state index contributed by atoms with van der Waals surface area (Å²) in [7, 11) is -3.28. The van der Waals surface area contributed by atoms with E-state index < -0.39 is 9.84 Å². The van der Waals surface area contributed by atoms with E-state index in [0.717, 1.165) is 6.42 Å². The van der Waals surface area contributed by atoms with Crippen LogP contribution in [-0.2, 0) is 16.3 Å². The van der Waals surface area contributed by atoms with Crippen molar-refractivity contribution in [3.8, 4) is 11.8 Å². The van der Waals surface area contributed by atoms with Gasteiger partial charge in [-0.2, -0.15) is 0 Å². The molecule has 102 valence electrons. The fraction of sp³-hybridized carbons (Fsp3) is 0.176. The van der Waals surface area contributed by atoms with E-state index in [-0.39, 0.29) is 5.75 Å². The number of hydrogen-bond donors (Lipinski definition) is 0. The van der Waals surface area contributed by atoms with E-state index >= 15 is 0 Å². The standard InChI is InChI=1S/C17H16O2S/c18-20(19,17-13-7-2-8-14-17)15-9-3-6-12-16-10-4-1-5-11-16/h1-2,4-5,7-8,10-11,13-14H,6,12,15H2. The molecule has 2 nitrogen and oxygen atoms in total. The summed E-state index contributed by atoms with van der Waals surface area (Å²) >= 11 is 0. The summed E-state index contributed by atoms with van der Waals surface area (Å²) in [6.45, 7) is 0. The Morgan fingerprint density at radius 3 is 2.05 bits per heavy atom. The Kier molecular flexibility index (Phi) is 4.97. The first-order valence-electron chi connectivity index (χ1n) is 6.46. The van der Waals surface area contributed by atoms with Gasteiger partial charge in [0.05, 0.1) is 4.90 Å². The lowest BCUT2D eigenvalue weighted by Gasteiger charge is -1.98. The Hall–Kier alpha value is -2.05. The summed E-state index contributed by atoms with van der Waals surface area (Å²) in [6.07, 6.45) is 1.52. The van der Waals surface area contributed by atoms with Gasteiger partial charge in [0.15, 0.2) is 9.84 Å². The predicted molar refractivity (Wildman–Crippen MR) is 81.0 cm³/mol. The summed E-state index contributed by atoms with van der Waals surface area (Å²) in [5.74, 6) is 5.57. The highest BCUT2D eigenvalue weighted by atomic mass is 32.2. The third-order valence-corrected chi connectivity index (χ3v) is 4.39. The molecule has 0 saturated carbocycles. The molecule has 0 saturated heterocycles. The molecule has 0 N–H and O–H groups in total. The third kappa shape index (κ3) is 4.25. The largest absolute Gasteiger partial charge is 0.223 e. The Morgan fingerprint density at radius 2 is 1.40 bits per heavy atom. The SMILES string of the molecule is O=S(=O)(CC#CCCc1ccccc1)c1ccccc1. The van der Waals surface area contributed by atoms with Crippen molar-refractivity contribution in [1.29, 1.82) is 0 Å². The van der Waals surface area contributed by atoms with Gasteiger partial charge in [0.25, 0.3) is 0 Å². The highest BCUT2D eigenvalue weighted by Crippen LogP contribution is 2.09. The van der Waals surface area contributed by atoms with Gasteiger partial charge in [-0.1, -0.05) is 54.5 Å². The van der Waals surface area contributed by atoms with Crippen molar-refractivity contribution in [2.24, 2.45) is 0 Å². The molecule has 0 aromatic heterocycles. The summed E-state index contributed by atoms with van der Waals surface area (Å²) in [5, 5.41) is 0. The average Bonchev–Trinajstić information content (AvgIpc) is 2.49. The topological polar surface area (TPSA) is 34.1 Å². The molecule has 0 aliphatic rings. The Morgan fingerprint density at radius 1 is 0.800 bits per heavy atom. The summed E-state index contributed by atoms with van der Waals surface area (Å²) in [5.41, 5.74) is 1.22. The van der Waals surface area contributed by atoms with E-state index in [0.29, 0.717) is 11.3 Å². The normalized spacial score (nSPS) is 10.6. The Labute approximate surface area is 120 Å². The van der Waals surface area contributed by atoms with Crippen LogP contribution in [0.5, 0.6) is 0 Å². The number of sulfone groups is 1. The highest BCUT2D eigenvalue weighted by Gasteiger charge is 2.11. The van der Waals surface area contributed by atoms with Gasteiger partial charge >= 0.3 is 0 Å². The average molecular weight is 284 g/mol. The van der Waals surface area contributed by atoms with Crippen molar-refractivity contribution in [2.75, 3.05) is 5.75 Å². The summed E-state index contributed by atoms with van der Waals surface area (Å²) < 4.78 is 23.9. The van der Waals surface area contributed by atoms with E-state index in [9.17, 15) is 8.42 Å². The lowest BCUT2D eigenvalue weighted by molar-refractivity contribution is 0.599. The third-order valence-electron chi connectivity index (χ3n) is 2.87. The fourth-order valence-electron chi connectivity index (χ4n) is 1.80. The zero-order chi connectivity index (χ0) is 14.3. The molecule has 0 fully saturated rings. The van der Waals surface area contributed by atoms with Crippen LogP contribution in [0.4, 0.5) is 0 Å². The van der Waals surface area contributed by atoms with Crippen molar-refractivity contribution in [3.63, 3.8) is 0 Å². The molecule has 2 rings (SSSR count). The van der Waals surface area contributed by atoms with Crippen LogP contribution in [0.3, 0.4) is 0 Å². The fourth-order valence-corrected chi connectivity index (χ4v) is 2.83. The molecule has 3 heteroatoms. The van der Waals surface area contributed by atoms with Gasteiger partial charge in [-0.25, -0.2) is 8.42 Å². The molecule has 0 amide bonds. The second-order valence-corrected chi connectivity index (χ2v) is 6.40. The smallest absolute Gasteiger partial charge is 0.189 e. The molecular weight excluding hydrogens is 268 g/mol. The van der Waals surface area contributed by atoms with Crippen LogP contribution >= 0.6 is 0 Å². The second kappa shape index (κ2) is 6.93. The van der Waals surface area contributed by atoms with Crippen LogP contribution in [0.2, 0.25) is 0 Å². The Bertz CT molecular complexity index is 693. The zero-order valence-corrected chi connectivity index (χ0v) is 11.9. The number of hydrogen-bond acceptors (Lipinski definition) is 2. The first-order chi connectivity index (χ1) is 9.68. The monoisotopic (exact) mass is 284 g/mol. The molecule has 0 spiro atoms. The van der Waals surface area contributed by atoms with E-state index in [1.807, 2.05) is 30.3 Å². The maximum absolute atomic E-state index is 12.0. The van der Waals surface area contributed by atoms with Crippen molar-refractivity contribution in [1.82, 2.24) is 0 Å². The minimum atomic E-state index is -3.28. The van der Waals surface area contributed by atoms with Crippen LogP contribution in [0, 0.1) is 11.8 Å². The molecule has 2 aromatic rings. The van der Waals surface area contributed by atoms with Crippen LogP contribution in [-0.4, -0.2) is 14.2 Å². The van der Waals surface area contributed by atoms with Gasteiger partial charge in [-0.05, 0) is 24.1 Å². The lowest BCUT2D eigenvalue weighted by Crippen LogP contribution is -2.04. The molecule has 0 atom stereocenters. The van der Waals surface area contributed by atoms with Crippen molar-refractivity contribution >= 4 is 9.84 Å². The first kappa shape index (κ1) is 14.4. The quantitative estimate of drug-likeness (QED) is 0.809. The van der Waals surface area contributed by atoms with Crippen LogP contribution in [0.1, 0.15) is 12.0 Å². The number of benzene rings is 2. The van der Waals surface area contributed by atoms with Crippen LogP contribution in [0.15, 0.2) is 65.6 Å². The van der Waals surface area contributed by atoms with Crippen molar-refractivity contribution < 1.29 is 8.42 Å². The van der Waals surface area contributed by atoms with Crippen LogP contribution < -0.4 is 0 Å². The van der Waals surface area contributed by atoms with Crippen molar-refractivity contribution in [2.45, 2.75) is 17.7 Å². The highest BCUT2D eigenvalue weighted by molar-refractivity contribution is 7.91. The molecular formula is C17H16O2S. The van der Waals surface area contributed by atoms with Gasteiger partial charge < -0.3 is 0 Å². The molecule has 0 unspecified atom stereocenters. The second-order valence-electron chi connectivity index (χ2n) is 4.41. The molecule has 0 bridgehead atoms. The summed E-state index contributed by atoms with van der Waals surface area (Å²) in [4.78, 5) is 0.331. The molecule has 20 heavy (non-hydrogen) atoms. The summed E-state index contributed by atoms with van der Waals surface area (Å²) in [6, 6.07) is 18.5. The Balaban J connectivity index is 1.88. The minimum absolute atomic E-state index is 0.119. The van der Waals surface area contributed by atoms with E-state index in [4.69, 9.17) is 0 Å². The predicted octanol–water partition coefficient (Wildman–Crippen LogP) is 3.10. The van der Waals surface area contributed by atoms with Gasteiger partial charge in [0.1, 0.15) is 5.75 Å². The molecule has 2 aromatic carbocycles. The van der Waals surface area contributed by atoms with Gasteiger partial charge in [0, 0.05) is 6.42 Å². The van der Waals surface area contributed by atoms with Crippen molar-refractivity contribution in [3.05, 3.63) is 66.2 Å². The lowest BCUT2D eigenvalue weighted by atomic mass is 10.1. The maximum atomic E-state index is 12.0. The number of aryl methyl sites for hydroxylation is 1. The minimum Gasteiger partial charge on any atom is -0.223 e. The molecule has 0 aliphatic heterocycles. The molecule has 0 aliphatic carbocycles. The van der Waals surface area contributed by atoms with Gasteiger partial charge in [0.2, 0.25) is 0 Å².